The van der Waals surface area contributed by atoms with Crippen LogP contribution in [0.25, 0.3) is 0 Å². The molecule has 106 valence electrons. The van der Waals surface area contributed by atoms with Crippen molar-refractivity contribution in [2.45, 2.75) is 6.04 Å². The minimum atomic E-state index is -0.538. The van der Waals surface area contributed by atoms with E-state index < -0.39 is 5.97 Å². The summed E-state index contributed by atoms with van der Waals surface area (Å²) in [5.74, 6) is -0.198. The number of rotatable bonds is 4. The number of halogens is 2. The van der Waals surface area contributed by atoms with Crippen LogP contribution in [-0.4, -0.2) is 20.1 Å². The van der Waals surface area contributed by atoms with Crippen LogP contribution in [0, 0.1) is 5.82 Å². The number of ether oxygens (including phenoxy) is 1. The lowest BCUT2D eigenvalue weighted by Gasteiger charge is -2.15. The van der Waals surface area contributed by atoms with E-state index in [1.165, 1.54) is 19.2 Å². The molecule has 0 bridgehead atoms. The number of carbonyl (C=O) groups is 1. The second-order valence-electron chi connectivity index (χ2n) is 4.08. The van der Waals surface area contributed by atoms with Crippen LogP contribution in [0.2, 0.25) is 0 Å². The summed E-state index contributed by atoms with van der Waals surface area (Å²) in [6, 6.07) is 7.33. The van der Waals surface area contributed by atoms with Gasteiger partial charge < -0.3 is 14.5 Å². The Hall–Kier alpha value is -1.66. The maximum Gasteiger partial charge on any atom is 0.373 e. The molecule has 0 aliphatic rings. The third kappa shape index (κ3) is 2.91. The fourth-order valence-corrected chi connectivity index (χ4v) is 2.48. The Bertz CT molecular complexity index is 627. The highest BCUT2D eigenvalue weighted by Crippen LogP contribution is 2.30. The summed E-state index contributed by atoms with van der Waals surface area (Å²) < 4.78 is 23.8. The van der Waals surface area contributed by atoms with Crippen molar-refractivity contribution in [3.63, 3.8) is 0 Å². The highest BCUT2D eigenvalue weighted by molar-refractivity contribution is 9.10. The van der Waals surface area contributed by atoms with Crippen LogP contribution in [0.3, 0.4) is 0 Å². The Morgan fingerprint density at radius 3 is 2.75 bits per heavy atom. The molecule has 20 heavy (non-hydrogen) atoms. The number of nitrogens with one attached hydrogen (secondary N) is 1. The molecule has 0 aliphatic carbocycles. The van der Waals surface area contributed by atoms with Crippen LogP contribution in [0.1, 0.15) is 27.9 Å². The van der Waals surface area contributed by atoms with Crippen LogP contribution in [0.5, 0.6) is 0 Å². The zero-order valence-corrected chi connectivity index (χ0v) is 12.5. The summed E-state index contributed by atoms with van der Waals surface area (Å²) in [5, 5.41) is 3.07. The molecule has 1 N–H and O–H groups in total. The van der Waals surface area contributed by atoms with Crippen LogP contribution in [0.4, 0.5) is 4.39 Å². The number of hydrogen-bond acceptors (Lipinski definition) is 4. The monoisotopic (exact) mass is 341 g/mol. The van der Waals surface area contributed by atoms with Crippen LogP contribution in [-0.2, 0) is 4.74 Å². The molecule has 0 saturated carbocycles. The highest BCUT2D eigenvalue weighted by Gasteiger charge is 2.21. The summed E-state index contributed by atoms with van der Waals surface area (Å²) in [6.07, 6.45) is 0. The quantitative estimate of drug-likeness (QED) is 0.867. The lowest BCUT2D eigenvalue weighted by Crippen LogP contribution is -2.17. The molecular weight excluding hydrogens is 329 g/mol. The lowest BCUT2D eigenvalue weighted by atomic mass is 10.0. The fourth-order valence-electron chi connectivity index (χ4n) is 1.90. The third-order valence-corrected chi connectivity index (χ3v) is 3.55. The minimum absolute atomic E-state index is 0.126. The molecule has 2 aromatic rings. The van der Waals surface area contributed by atoms with E-state index >= 15 is 0 Å². The maximum atomic E-state index is 13.1. The van der Waals surface area contributed by atoms with Gasteiger partial charge in [0.25, 0.3) is 0 Å². The molecule has 1 atom stereocenters. The smallest absolute Gasteiger partial charge is 0.373 e. The molecule has 2 rings (SSSR count). The summed E-state index contributed by atoms with van der Waals surface area (Å²) in [6.45, 7) is 0. The standard InChI is InChI=1S/C14H13BrFNO3/c1-17-13(9-4-3-8(16)7-10(9)15)11-5-6-12(20-11)14(18)19-2/h3-7,13,17H,1-2H3. The van der Waals surface area contributed by atoms with Crippen LogP contribution < -0.4 is 5.32 Å². The first-order valence-electron chi connectivity index (χ1n) is 5.87. The summed E-state index contributed by atoms with van der Waals surface area (Å²) in [7, 11) is 3.04. The maximum absolute atomic E-state index is 13.1. The molecule has 0 spiro atoms. The second-order valence-corrected chi connectivity index (χ2v) is 4.94. The van der Waals surface area contributed by atoms with E-state index in [0.717, 1.165) is 5.56 Å². The predicted molar refractivity (Wildman–Crippen MR) is 75.1 cm³/mol. The molecule has 1 aromatic heterocycles. The number of esters is 1. The molecule has 0 saturated heterocycles. The van der Waals surface area contributed by atoms with Gasteiger partial charge in [0.05, 0.1) is 13.2 Å². The van der Waals surface area contributed by atoms with Gasteiger partial charge in [-0.15, -0.1) is 0 Å². The Balaban J connectivity index is 2.37. The van der Waals surface area contributed by atoms with Crippen molar-refractivity contribution in [3.8, 4) is 0 Å². The van der Waals surface area contributed by atoms with Crippen LogP contribution in [0.15, 0.2) is 39.2 Å². The van der Waals surface area contributed by atoms with Gasteiger partial charge in [0.15, 0.2) is 0 Å². The molecule has 0 fully saturated rings. The molecule has 4 nitrogen and oxygen atoms in total. The Kier molecular flexibility index (Phi) is 4.57. The molecule has 1 heterocycles. The topological polar surface area (TPSA) is 51.5 Å². The van der Waals surface area contributed by atoms with Gasteiger partial charge in [-0.1, -0.05) is 22.0 Å². The van der Waals surface area contributed by atoms with Crippen molar-refractivity contribution in [3.05, 3.63) is 57.7 Å². The van der Waals surface area contributed by atoms with Gasteiger partial charge in [0.2, 0.25) is 5.76 Å². The Morgan fingerprint density at radius 2 is 2.15 bits per heavy atom. The van der Waals surface area contributed by atoms with Crippen molar-refractivity contribution in [1.29, 1.82) is 0 Å². The van der Waals surface area contributed by atoms with E-state index in [0.29, 0.717) is 10.2 Å². The van der Waals surface area contributed by atoms with E-state index in [1.54, 1.807) is 25.2 Å². The highest BCUT2D eigenvalue weighted by atomic mass is 79.9. The first-order chi connectivity index (χ1) is 9.56. The largest absolute Gasteiger partial charge is 0.463 e. The average Bonchev–Trinajstić information content (AvgIpc) is 2.90. The molecule has 0 amide bonds. The molecule has 1 aromatic carbocycles. The summed E-state index contributed by atoms with van der Waals surface area (Å²) >= 11 is 3.32. The zero-order chi connectivity index (χ0) is 14.7. The number of methoxy groups -OCH3 is 1. The molecule has 1 unspecified atom stereocenters. The van der Waals surface area contributed by atoms with Gasteiger partial charge in [0.1, 0.15) is 11.6 Å². The van der Waals surface area contributed by atoms with Crippen molar-refractivity contribution in [1.82, 2.24) is 5.32 Å². The first kappa shape index (κ1) is 14.7. The van der Waals surface area contributed by atoms with Crippen molar-refractivity contribution in [2.24, 2.45) is 0 Å². The van der Waals surface area contributed by atoms with E-state index in [2.05, 4.69) is 26.0 Å². The number of hydrogen-bond donors (Lipinski definition) is 1. The predicted octanol–water partition coefficient (Wildman–Crippen LogP) is 3.28. The summed E-state index contributed by atoms with van der Waals surface area (Å²) in [4.78, 5) is 11.4. The number of furan rings is 1. The summed E-state index contributed by atoms with van der Waals surface area (Å²) in [5.41, 5.74) is 0.805. The van der Waals surface area contributed by atoms with Crippen molar-refractivity contribution >= 4 is 21.9 Å². The average molecular weight is 342 g/mol. The number of carbonyl (C=O) groups excluding carboxylic acids is 1. The third-order valence-electron chi connectivity index (χ3n) is 2.86. The van der Waals surface area contributed by atoms with Gasteiger partial charge in [0, 0.05) is 4.47 Å². The van der Waals surface area contributed by atoms with Gasteiger partial charge in [-0.3, -0.25) is 0 Å². The van der Waals surface area contributed by atoms with Gasteiger partial charge in [-0.05, 0) is 36.9 Å². The van der Waals surface area contributed by atoms with Crippen molar-refractivity contribution in [2.75, 3.05) is 14.2 Å². The van der Waals surface area contributed by atoms with Crippen LogP contribution >= 0.6 is 15.9 Å². The van der Waals surface area contributed by atoms with Gasteiger partial charge >= 0.3 is 5.97 Å². The van der Waals surface area contributed by atoms with E-state index in [1.807, 2.05) is 0 Å². The number of benzene rings is 1. The zero-order valence-electron chi connectivity index (χ0n) is 10.9. The molecule has 0 radical (unpaired) electrons. The first-order valence-corrected chi connectivity index (χ1v) is 6.66. The second kappa shape index (κ2) is 6.19. The minimum Gasteiger partial charge on any atom is -0.463 e. The Labute approximate surface area is 124 Å². The molecule has 6 heteroatoms. The van der Waals surface area contributed by atoms with Crippen molar-refractivity contribution < 1.29 is 18.3 Å². The van der Waals surface area contributed by atoms with Gasteiger partial charge in [-0.2, -0.15) is 0 Å². The van der Waals surface area contributed by atoms with E-state index in [4.69, 9.17) is 4.42 Å². The fraction of sp³-hybridized carbons (Fsp3) is 0.214. The Morgan fingerprint density at radius 1 is 1.40 bits per heavy atom. The molecule has 0 aliphatic heterocycles. The van der Waals surface area contributed by atoms with E-state index in [-0.39, 0.29) is 17.6 Å². The SMILES string of the molecule is CNC(c1ccc(C(=O)OC)o1)c1ccc(F)cc1Br. The van der Waals surface area contributed by atoms with Gasteiger partial charge in [-0.25, -0.2) is 9.18 Å². The molecular formula is C14H13BrFNO3. The lowest BCUT2D eigenvalue weighted by molar-refractivity contribution is 0.0562. The normalized spacial score (nSPS) is 12.2. The van der Waals surface area contributed by atoms with E-state index in [9.17, 15) is 9.18 Å².